The Balaban J connectivity index is 2.02. The van der Waals surface area contributed by atoms with Crippen molar-refractivity contribution >= 4 is 5.91 Å². The molecule has 0 aromatic rings. The fourth-order valence-electron chi connectivity index (χ4n) is 1.68. The van der Waals surface area contributed by atoms with Gasteiger partial charge in [-0.05, 0) is 6.42 Å². The molecule has 1 fully saturated rings. The first-order chi connectivity index (χ1) is 6.38. The SMILES string of the molecule is O=C1COCCN1C1C=CC=CC1. The van der Waals surface area contributed by atoms with Crippen LogP contribution in [-0.4, -0.2) is 36.6 Å². The van der Waals surface area contributed by atoms with E-state index in [4.69, 9.17) is 4.74 Å². The van der Waals surface area contributed by atoms with E-state index in [2.05, 4.69) is 12.2 Å². The summed E-state index contributed by atoms with van der Waals surface area (Å²) in [6.45, 7) is 1.63. The zero-order chi connectivity index (χ0) is 9.10. The molecule has 2 aliphatic rings. The fraction of sp³-hybridized carbons (Fsp3) is 0.500. The first kappa shape index (κ1) is 8.51. The lowest BCUT2D eigenvalue weighted by Crippen LogP contribution is -2.47. The molecule has 1 amide bonds. The molecule has 2 rings (SSSR count). The Kier molecular flexibility index (Phi) is 2.45. The Bertz CT molecular complexity index is 258. The first-order valence-electron chi connectivity index (χ1n) is 4.58. The number of hydrogen-bond donors (Lipinski definition) is 0. The number of hydrogen-bond acceptors (Lipinski definition) is 2. The molecule has 0 bridgehead atoms. The summed E-state index contributed by atoms with van der Waals surface area (Å²) < 4.78 is 5.07. The Hall–Kier alpha value is -1.09. The number of allylic oxidation sites excluding steroid dienone is 2. The number of carbonyl (C=O) groups excluding carboxylic acids is 1. The summed E-state index contributed by atoms with van der Waals surface area (Å²) >= 11 is 0. The Morgan fingerprint density at radius 3 is 3.08 bits per heavy atom. The molecule has 1 aliphatic heterocycles. The van der Waals surface area contributed by atoms with Gasteiger partial charge in [0.2, 0.25) is 5.91 Å². The monoisotopic (exact) mass is 179 g/mol. The zero-order valence-electron chi connectivity index (χ0n) is 7.48. The summed E-state index contributed by atoms with van der Waals surface area (Å²) in [6, 6.07) is 0.251. The van der Waals surface area contributed by atoms with Gasteiger partial charge in [-0.2, -0.15) is 0 Å². The van der Waals surface area contributed by atoms with Gasteiger partial charge >= 0.3 is 0 Å². The van der Waals surface area contributed by atoms with E-state index in [1.54, 1.807) is 0 Å². The molecule has 70 valence electrons. The molecule has 0 spiro atoms. The van der Waals surface area contributed by atoms with E-state index in [-0.39, 0.29) is 18.6 Å². The number of ether oxygens (including phenoxy) is 1. The molecule has 1 saturated heterocycles. The van der Waals surface area contributed by atoms with Gasteiger partial charge in [0.25, 0.3) is 0 Å². The van der Waals surface area contributed by atoms with Gasteiger partial charge in [0.05, 0.1) is 12.6 Å². The molecule has 3 nitrogen and oxygen atoms in total. The van der Waals surface area contributed by atoms with Crippen LogP contribution in [0.2, 0.25) is 0 Å². The maximum absolute atomic E-state index is 11.4. The van der Waals surface area contributed by atoms with Crippen LogP contribution in [0.4, 0.5) is 0 Å². The highest BCUT2D eigenvalue weighted by Crippen LogP contribution is 2.13. The fourth-order valence-corrected chi connectivity index (χ4v) is 1.68. The summed E-state index contributed by atoms with van der Waals surface area (Å²) in [5.41, 5.74) is 0. The predicted octanol–water partition coefficient (Wildman–Crippen LogP) is 0.730. The zero-order valence-corrected chi connectivity index (χ0v) is 7.48. The van der Waals surface area contributed by atoms with E-state index in [1.807, 2.05) is 17.1 Å². The second-order valence-electron chi connectivity index (χ2n) is 3.26. The van der Waals surface area contributed by atoms with Crippen LogP contribution in [0.25, 0.3) is 0 Å². The number of morpholine rings is 1. The van der Waals surface area contributed by atoms with E-state index >= 15 is 0 Å². The van der Waals surface area contributed by atoms with Crippen molar-refractivity contribution in [3.8, 4) is 0 Å². The van der Waals surface area contributed by atoms with Gasteiger partial charge in [-0.1, -0.05) is 24.3 Å². The van der Waals surface area contributed by atoms with Gasteiger partial charge in [-0.15, -0.1) is 0 Å². The average Bonchev–Trinajstić information content (AvgIpc) is 2.20. The van der Waals surface area contributed by atoms with Crippen LogP contribution in [0.5, 0.6) is 0 Å². The van der Waals surface area contributed by atoms with Crippen LogP contribution in [0.3, 0.4) is 0 Å². The minimum atomic E-state index is 0.108. The van der Waals surface area contributed by atoms with Crippen molar-refractivity contribution in [1.29, 1.82) is 0 Å². The van der Waals surface area contributed by atoms with E-state index in [9.17, 15) is 4.79 Å². The molecule has 0 N–H and O–H groups in total. The molecular formula is C10H13NO2. The minimum Gasteiger partial charge on any atom is -0.370 e. The Morgan fingerprint density at radius 2 is 2.38 bits per heavy atom. The standard InChI is InChI=1S/C10H13NO2/c12-10-8-13-7-6-11(10)9-4-2-1-3-5-9/h1-4,9H,5-8H2. The highest BCUT2D eigenvalue weighted by molar-refractivity contribution is 5.78. The summed E-state index contributed by atoms with van der Waals surface area (Å²) in [5.74, 6) is 0.108. The van der Waals surface area contributed by atoms with Crippen LogP contribution in [0.1, 0.15) is 6.42 Å². The highest BCUT2D eigenvalue weighted by Gasteiger charge is 2.24. The second kappa shape index (κ2) is 3.75. The van der Waals surface area contributed by atoms with Crippen molar-refractivity contribution < 1.29 is 9.53 Å². The molecule has 0 aromatic carbocycles. The van der Waals surface area contributed by atoms with Crippen molar-refractivity contribution in [2.45, 2.75) is 12.5 Å². The minimum absolute atomic E-state index is 0.108. The molecule has 1 aliphatic carbocycles. The van der Waals surface area contributed by atoms with Crippen molar-refractivity contribution in [3.05, 3.63) is 24.3 Å². The lowest BCUT2D eigenvalue weighted by atomic mass is 10.1. The summed E-state index contributed by atoms with van der Waals surface area (Å²) in [5, 5.41) is 0. The Morgan fingerprint density at radius 1 is 1.46 bits per heavy atom. The smallest absolute Gasteiger partial charge is 0.249 e. The molecule has 1 heterocycles. The van der Waals surface area contributed by atoms with E-state index in [1.165, 1.54) is 0 Å². The predicted molar refractivity (Wildman–Crippen MR) is 49.2 cm³/mol. The molecule has 0 radical (unpaired) electrons. The van der Waals surface area contributed by atoms with Gasteiger partial charge in [0.15, 0.2) is 0 Å². The van der Waals surface area contributed by atoms with Gasteiger partial charge < -0.3 is 9.64 Å². The van der Waals surface area contributed by atoms with Crippen molar-refractivity contribution in [2.24, 2.45) is 0 Å². The van der Waals surface area contributed by atoms with Crippen LogP contribution >= 0.6 is 0 Å². The third-order valence-corrected chi connectivity index (χ3v) is 2.38. The van der Waals surface area contributed by atoms with Crippen molar-refractivity contribution in [1.82, 2.24) is 4.90 Å². The van der Waals surface area contributed by atoms with Gasteiger partial charge in [0.1, 0.15) is 6.61 Å². The molecule has 0 saturated carbocycles. The molecule has 3 heteroatoms. The normalized spacial score (nSPS) is 28.2. The molecule has 1 atom stereocenters. The summed E-state index contributed by atoms with van der Waals surface area (Å²) in [4.78, 5) is 13.3. The summed E-state index contributed by atoms with van der Waals surface area (Å²) in [7, 11) is 0. The third-order valence-electron chi connectivity index (χ3n) is 2.38. The lowest BCUT2D eigenvalue weighted by molar-refractivity contribution is -0.144. The third kappa shape index (κ3) is 1.80. The molecule has 13 heavy (non-hydrogen) atoms. The van der Waals surface area contributed by atoms with Crippen LogP contribution < -0.4 is 0 Å². The molecule has 0 aromatic heterocycles. The maximum Gasteiger partial charge on any atom is 0.249 e. The van der Waals surface area contributed by atoms with Gasteiger partial charge in [-0.3, -0.25) is 4.79 Å². The van der Waals surface area contributed by atoms with E-state index < -0.39 is 0 Å². The van der Waals surface area contributed by atoms with Gasteiger partial charge in [0, 0.05) is 6.54 Å². The van der Waals surface area contributed by atoms with Crippen LogP contribution in [0.15, 0.2) is 24.3 Å². The molecule has 1 unspecified atom stereocenters. The first-order valence-corrected chi connectivity index (χ1v) is 4.58. The average molecular weight is 179 g/mol. The summed E-state index contributed by atoms with van der Waals surface area (Å²) in [6.07, 6.45) is 9.11. The lowest BCUT2D eigenvalue weighted by Gasteiger charge is -2.33. The van der Waals surface area contributed by atoms with E-state index in [0.29, 0.717) is 6.61 Å². The van der Waals surface area contributed by atoms with Crippen LogP contribution in [0, 0.1) is 0 Å². The quantitative estimate of drug-likeness (QED) is 0.594. The number of carbonyl (C=O) groups is 1. The van der Waals surface area contributed by atoms with E-state index in [0.717, 1.165) is 13.0 Å². The largest absolute Gasteiger partial charge is 0.370 e. The second-order valence-corrected chi connectivity index (χ2v) is 3.26. The van der Waals surface area contributed by atoms with Gasteiger partial charge in [-0.25, -0.2) is 0 Å². The highest BCUT2D eigenvalue weighted by atomic mass is 16.5. The number of rotatable bonds is 1. The van der Waals surface area contributed by atoms with Crippen LogP contribution in [-0.2, 0) is 9.53 Å². The van der Waals surface area contributed by atoms with Crippen molar-refractivity contribution in [2.75, 3.05) is 19.8 Å². The van der Waals surface area contributed by atoms with Crippen molar-refractivity contribution in [3.63, 3.8) is 0 Å². The molecular weight excluding hydrogens is 166 g/mol. The number of nitrogens with zero attached hydrogens (tertiary/aromatic N) is 1. The maximum atomic E-state index is 11.4. The Labute approximate surface area is 77.7 Å². The number of amides is 1. The topological polar surface area (TPSA) is 29.5 Å².